The zero-order valence-electron chi connectivity index (χ0n) is 11.3. The lowest BCUT2D eigenvalue weighted by Crippen LogP contribution is -2.52. The smallest absolute Gasteiger partial charge is 0.0983 e. The minimum Gasteiger partial charge on any atom is -0.330 e. The Kier molecular flexibility index (Phi) is 1.99. The lowest BCUT2D eigenvalue weighted by atomic mass is 9.79. The number of hydrogen-bond acceptors (Lipinski definition) is 3. The Bertz CT molecular complexity index is 830. The van der Waals surface area contributed by atoms with Gasteiger partial charge < -0.3 is 4.90 Å². The third kappa shape index (κ3) is 1.26. The Hall–Kier alpha value is -2.57. The number of rotatable bonds is 0. The first-order chi connectivity index (χ1) is 10.4. The molecule has 100 valence electrons. The minimum absolute atomic E-state index is 0.0259. The quantitative estimate of drug-likeness (QED) is 0.800. The van der Waals surface area contributed by atoms with Gasteiger partial charge in [0.2, 0.25) is 0 Å². The second kappa shape index (κ2) is 3.75. The van der Waals surface area contributed by atoms with Crippen LogP contribution in [0, 0.1) is 11.3 Å². The minimum atomic E-state index is 0.0259. The van der Waals surface area contributed by atoms with Crippen molar-refractivity contribution in [3.05, 3.63) is 77.0 Å². The van der Waals surface area contributed by atoms with Gasteiger partial charge in [-0.05, 0) is 22.8 Å². The Labute approximate surface area is 123 Å². The molecule has 3 aliphatic heterocycles. The fourth-order valence-electron chi connectivity index (χ4n) is 4.02. The number of nitriles is 1. The van der Waals surface area contributed by atoms with E-state index in [4.69, 9.17) is 0 Å². The van der Waals surface area contributed by atoms with E-state index in [0.29, 0.717) is 5.92 Å². The Balaban J connectivity index is 1.88. The van der Waals surface area contributed by atoms with Gasteiger partial charge in [-0.15, -0.1) is 0 Å². The molecule has 0 aliphatic carbocycles. The van der Waals surface area contributed by atoms with E-state index in [1.165, 1.54) is 22.4 Å². The maximum atomic E-state index is 9.52. The fourth-order valence-corrected chi connectivity index (χ4v) is 4.02. The van der Waals surface area contributed by atoms with Crippen molar-refractivity contribution in [2.45, 2.75) is 18.1 Å². The molecule has 3 atom stereocenters. The van der Waals surface area contributed by atoms with Crippen LogP contribution in [0.25, 0.3) is 0 Å². The standard InChI is InChI=1S/C18H13N3/c19-9-11-10-21-15-8-4-3-7-14(15)16-12-5-1-2-6-13(12)17(11)20-18(16)21/h1-8,10,16-18,20H/t16-,17-,18+/m0/s1. The van der Waals surface area contributed by atoms with E-state index in [9.17, 15) is 5.26 Å². The van der Waals surface area contributed by atoms with Gasteiger partial charge in [0.25, 0.3) is 0 Å². The predicted molar refractivity (Wildman–Crippen MR) is 80.6 cm³/mol. The van der Waals surface area contributed by atoms with Crippen molar-refractivity contribution in [2.24, 2.45) is 0 Å². The van der Waals surface area contributed by atoms with Crippen LogP contribution in [0.3, 0.4) is 0 Å². The summed E-state index contributed by atoms with van der Waals surface area (Å²) in [6, 6.07) is 19.4. The molecule has 3 heteroatoms. The molecule has 3 aliphatic rings. The zero-order valence-corrected chi connectivity index (χ0v) is 11.3. The predicted octanol–water partition coefficient (Wildman–Crippen LogP) is 3.03. The molecule has 2 bridgehead atoms. The molecule has 0 aromatic heterocycles. The number of anilines is 1. The van der Waals surface area contributed by atoms with Crippen molar-refractivity contribution in [3.8, 4) is 6.07 Å². The van der Waals surface area contributed by atoms with E-state index in [1.54, 1.807) is 0 Å². The summed E-state index contributed by atoms with van der Waals surface area (Å²) in [7, 11) is 0. The molecule has 0 unspecified atom stereocenters. The van der Waals surface area contributed by atoms with E-state index >= 15 is 0 Å². The highest BCUT2D eigenvalue weighted by molar-refractivity contribution is 5.70. The van der Waals surface area contributed by atoms with Crippen LogP contribution in [0.1, 0.15) is 28.7 Å². The number of fused-ring (bicyclic) bond motifs is 7. The van der Waals surface area contributed by atoms with Crippen LogP contribution in [0.4, 0.5) is 5.69 Å². The highest BCUT2D eigenvalue weighted by atomic mass is 15.3. The van der Waals surface area contributed by atoms with Crippen LogP contribution in [0.2, 0.25) is 0 Å². The van der Waals surface area contributed by atoms with Crippen molar-refractivity contribution >= 4 is 5.69 Å². The van der Waals surface area contributed by atoms with E-state index in [2.05, 4.69) is 64.8 Å². The van der Waals surface area contributed by atoms with E-state index < -0.39 is 0 Å². The van der Waals surface area contributed by atoms with Crippen LogP contribution in [0.5, 0.6) is 0 Å². The zero-order chi connectivity index (χ0) is 14.0. The molecule has 3 nitrogen and oxygen atoms in total. The molecular formula is C18H13N3. The van der Waals surface area contributed by atoms with Gasteiger partial charge in [0.05, 0.1) is 23.8 Å². The van der Waals surface area contributed by atoms with Crippen molar-refractivity contribution in [1.29, 1.82) is 5.26 Å². The summed E-state index contributed by atoms with van der Waals surface area (Å²) in [5.74, 6) is 0.338. The highest BCUT2D eigenvalue weighted by Gasteiger charge is 2.47. The largest absolute Gasteiger partial charge is 0.330 e. The number of nitrogens with zero attached hydrogens (tertiary/aromatic N) is 2. The maximum Gasteiger partial charge on any atom is 0.0983 e. The number of nitrogens with one attached hydrogen (secondary N) is 1. The molecule has 2 aromatic rings. The summed E-state index contributed by atoms with van der Waals surface area (Å²) < 4.78 is 0. The summed E-state index contributed by atoms with van der Waals surface area (Å²) in [6.45, 7) is 0. The summed E-state index contributed by atoms with van der Waals surface area (Å²) >= 11 is 0. The first-order valence-corrected chi connectivity index (χ1v) is 7.22. The van der Waals surface area contributed by atoms with Crippen molar-refractivity contribution < 1.29 is 0 Å². The van der Waals surface area contributed by atoms with Crippen molar-refractivity contribution in [2.75, 3.05) is 4.90 Å². The second-order valence-corrected chi connectivity index (χ2v) is 5.81. The first kappa shape index (κ1) is 11.1. The van der Waals surface area contributed by atoms with Gasteiger partial charge in [0, 0.05) is 17.8 Å². The molecule has 0 fully saturated rings. The molecule has 0 amide bonds. The van der Waals surface area contributed by atoms with Crippen LogP contribution in [-0.2, 0) is 0 Å². The van der Waals surface area contributed by atoms with Crippen LogP contribution < -0.4 is 10.2 Å². The number of benzene rings is 2. The SMILES string of the molecule is N#CC1=CN2c3ccccc3[C@@H]3c4ccccc4[C@H]1N[C@@H]32. The molecular weight excluding hydrogens is 258 g/mol. The van der Waals surface area contributed by atoms with Gasteiger partial charge in [0.15, 0.2) is 0 Å². The van der Waals surface area contributed by atoms with E-state index in [1.807, 2.05) is 6.20 Å². The molecule has 1 N–H and O–H groups in total. The molecule has 2 aromatic carbocycles. The lowest BCUT2D eigenvalue weighted by Gasteiger charge is -2.42. The molecule has 5 rings (SSSR count). The fraction of sp³-hybridized carbons (Fsp3) is 0.167. The summed E-state index contributed by atoms with van der Waals surface area (Å²) in [5.41, 5.74) is 5.93. The van der Waals surface area contributed by atoms with E-state index in [0.717, 1.165) is 5.57 Å². The van der Waals surface area contributed by atoms with Gasteiger partial charge in [-0.25, -0.2) is 0 Å². The van der Waals surface area contributed by atoms with E-state index in [-0.39, 0.29) is 12.2 Å². The number of hydrogen-bond donors (Lipinski definition) is 1. The van der Waals surface area contributed by atoms with Crippen LogP contribution in [-0.4, -0.2) is 6.17 Å². The van der Waals surface area contributed by atoms with Crippen molar-refractivity contribution in [3.63, 3.8) is 0 Å². The van der Waals surface area contributed by atoms with Crippen molar-refractivity contribution in [1.82, 2.24) is 5.32 Å². The Morgan fingerprint density at radius 1 is 0.952 bits per heavy atom. The molecule has 0 saturated heterocycles. The molecule has 0 spiro atoms. The molecule has 3 heterocycles. The lowest BCUT2D eigenvalue weighted by molar-refractivity contribution is 0.405. The van der Waals surface area contributed by atoms with Gasteiger partial charge in [-0.3, -0.25) is 5.32 Å². The summed E-state index contributed by atoms with van der Waals surface area (Å²) in [5, 5.41) is 13.2. The summed E-state index contributed by atoms with van der Waals surface area (Å²) in [4.78, 5) is 2.23. The van der Waals surface area contributed by atoms with Gasteiger partial charge in [0.1, 0.15) is 0 Å². The second-order valence-electron chi connectivity index (χ2n) is 5.81. The van der Waals surface area contributed by atoms with Gasteiger partial charge >= 0.3 is 0 Å². The van der Waals surface area contributed by atoms with Crippen LogP contribution in [0.15, 0.2) is 60.3 Å². The third-order valence-corrected chi connectivity index (χ3v) is 4.86. The third-order valence-electron chi connectivity index (χ3n) is 4.86. The van der Waals surface area contributed by atoms with Gasteiger partial charge in [-0.1, -0.05) is 42.5 Å². The average Bonchev–Trinajstić information content (AvgIpc) is 2.90. The number of para-hydroxylation sites is 1. The van der Waals surface area contributed by atoms with Gasteiger partial charge in [-0.2, -0.15) is 5.26 Å². The normalized spacial score (nSPS) is 27.5. The topological polar surface area (TPSA) is 39.1 Å². The monoisotopic (exact) mass is 271 g/mol. The first-order valence-electron chi connectivity index (χ1n) is 7.22. The molecule has 0 radical (unpaired) electrons. The Morgan fingerprint density at radius 2 is 1.67 bits per heavy atom. The summed E-state index contributed by atoms with van der Waals surface area (Å²) in [6.07, 6.45) is 2.25. The average molecular weight is 271 g/mol. The molecule has 21 heavy (non-hydrogen) atoms. The molecule has 0 saturated carbocycles. The maximum absolute atomic E-state index is 9.52. The van der Waals surface area contributed by atoms with Crippen LogP contribution >= 0.6 is 0 Å². The highest BCUT2D eigenvalue weighted by Crippen LogP contribution is 2.51. The Morgan fingerprint density at radius 3 is 2.48 bits per heavy atom.